The fourth-order valence-electron chi connectivity index (χ4n) is 3.90. The van der Waals surface area contributed by atoms with Gasteiger partial charge in [-0.3, -0.25) is 0 Å². The van der Waals surface area contributed by atoms with E-state index in [0.717, 1.165) is 44.8 Å². The predicted molar refractivity (Wildman–Crippen MR) is 123 cm³/mol. The first-order valence-electron chi connectivity index (χ1n) is 11.1. The molecule has 1 saturated heterocycles. The molecule has 0 atom stereocenters. The molecule has 0 radical (unpaired) electrons. The van der Waals surface area contributed by atoms with Gasteiger partial charge >= 0.3 is 0 Å². The van der Waals surface area contributed by atoms with Gasteiger partial charge in [-0.1, -0.05) is 36.9 Å². The summed E-state index contributed by atoms with van der Waals surface area (Å²) in [6.45, 7) is 12.7. The lowest BCUT2D eigenvalue weighted by Crippen LogP contribution is -2.27. The Morgan fingerprint density at radius 1 is 1.03 bits per heavy atom. The molecule has 0 bridgehead atoms. The van der Waals surface area contributed by atoms with Crippen LogP contribution in [0.25, 0.3) is 5.70 Å². The zero-order valence-electron chi connectivity index (χ0n) is 18.1. The summed E-state index contributed by atoms with van der Waals surface area (Å²) in [6.07, 6.45) is 6.32. The molecule has 1 aliphatic heterocycles. The molecule has 0 amide bonds. The van der Waals surface area contributed by atoms with E-state index >= 15 is 0 Å². The van der Waals surface area contributed by atoms with Crippen LogP contribution in [0.1, 0.15) is 56.2 Å². The van der Waals surface area contributed by atoms with Gasteiger partial charge in [0.05, 0.1) is 6.10 Å². The Balaban J connectivity index is 1.42. The van der Waals surface area contributed by atoms with Crippen LogP contribution in [0.15, 0.2) is 55.1 Å². The average molecular weight is 393 g/mol. The maximum atomic E-state index is 5.79. The Morgan fingerprint density at radius 2 is 1.79 bits per heavy atom. The highest BCUT2D eigenvalue weighted by atomic mass is 16.5. The van der Waals surface area contributed by atoms with Crippen molar-refractivity contribution >= 4 is 5.70 Å². The van der Waals surface area contributed by atoms with E-state index in [4.69, 9.17) is 4.74 Å². The summed E-state index contributed by atoms with van der Waals surface area (Å²) in [5.74, 6) is 0.969. The molecule has 3 nitrogen and oxygen atoms in total. The summed E-state index contributed by atoms with van der Waals surface area (Å²) < 4.78 is 5.79. The number of ether oxygens (including phenoxy) is 1. The minimum Gasteiger partial charge on any atom is -0.491 e. The van der Waals surface area contributed by atoms with Crippen molar-refractivity contribution in [1.82, 2.24) is 10.2 Å². The molecule has 3 heteroatoms. The Kier molecular flexibility index (Phi) is 8.18. The van der Waals surface area contributed by atoms with Gasteiger partial charge in [-0.2, -0.15) is 0 Å². The number of hydrogen-bond donors (Lipinski definition) is 1. The highest BCUT2D eigenvalue weighted by molar-refractivity contribution is 5.62. The molecule has 29 heavy (non-hydrogen) atoms. The van der Waals surface area contributed by atoms with Gasteiger partial charge in [0.25, 0.3) is 0 Å². The Labute approximate surface area is 176 Å². The molecule has 1 N–H and O–H groups in total. The van der Waals surface area contributed by atoms with Crippen LogP contribution in [-0.2, 0) is 13.0 Å². The Morgan fingerprint density at radius 3 is 2.59 bits per heavy atom. The van der Waals surface area contributed by atoms with E-state index in [1.165, 1.54) is 41.6 Å². The fraction of sp³-hybridized carbons (Fsp3) is 0.462. The molecule has 0 spiro atoms. The van der Waals surface area contributed by atoms with E-state index in [2.05, 4.69) is 73.1 Å². The zero-order valence-corrected chi connectivity index (χ0v) is 18.1. The molecule has 2 aromatic rings. The minimum atomic E-state index is 0.216. The van der Waals surface area contributed by atoms with Crippen LogP contribution in [0.4, 0.5) is 0 Å². The first-order valence-corrected chi connectivity index (χ1v) is 11.1. The number of benzene rings is 2. The van der Waals surface area contributed by atoms with Crippen LogP contribution < -0.4 is 10.1 Å². The second-order valence-electron chi connectivity index (χ2n) is 8.29. The van der Waals surface area contributed by atoms with Gasteiger partial charge in [0.1, 0.15) is 5.75 Å². The smallest absolute Gasteiger partial charge is 0.119 e. The van der Waals surface area contributed by atoms with E-state index in [0.29, 0.717) is 0 Å². The molecule has 0 aliphatic carbocycles. The molecule has 3 rings (SSSR count). The van der Waals surface area contributed by atoms with Crippen LogP contribution in [0, 0.1) is 0 Å². The second-order valence-corrected chi connectivity index (χ2v) is 8.29. The number of rotatable bonds is 10. The fourth-order valence-corrected chi connectivity index (χ4v) is 3.90. The molecular formula is C26H36N2O. The van der Waals surface area contributed by atoms with E-state index < -0.39 is 0 Å². The largest absolute Gasteiger partial charge is 0.491 e. The standard InChI is InChI=1S/C26H36N2O/c1-21(2)29-26-14-8-10-23(19-26)12-9-15-27-20-24-11-7-13-25(18-24)22(3)28-16-5-4-6-17-28/h7-8,10-11,13-14,18-19,21,27H,3-6,9,12,15-17,20H2,1-2H3. The Hall–Kier alpha value is -2.26. The lowest BCUT2D eigenvalue weighted by molar-refractivity contribution is 0.242. The quantitative estimate of drug-likeness (QED) is 0.529. The van der Waals surface area contributed by atoms with Crippen molar-refractivity contribution in [3.05, 3.63) is 71.8 Å². The summed E-state index contributed by atoms with van der Waals surface area (Å²) in [5, 5.41) is 3.59. The lowest BCUT2D eigenvalue weighted by Gasteiger charge is -2.30. The summed E-state index contributed by atoms with van der Waals surface area (Å²) in [6, 6.07) is 17.3. The van der Waals surface area contributed by atoms with Crippen molar-refractivity contribution in [3.8, 4) is 5.75 Å². The number of aryl methyl sites for hydroxylation is 1. The first kappa shape index (κ1) is 21.4. The molecule has 0 saturated carbocycles. The van der Waals surface area contributed by atoms with E-state index in [1.54, 1.807) is 0 Å². The van der Waals surface area contributed by atoms with E-state index in [1.807, 2.05) is 6.07 Å². The molecule has 2 aromatic carbocycles. The van der Waals surface area contributed by atoms with Gasteiger partial charge in [0.15, 0.2) is 0 Å². The molecule has 0 unspecified atom stereocenters. The second kappa shape index (κ2) is 11.1. The van der Waals surface area contributed by atoms with Crippen LogP contribution in [-0.4, -0.2) is 30.6 Å². The van der Waals surface area contributed by atoms with Crippen molar-refractivity contribution in [2.24, 2.45) is 0 Å². The van der Waals surface area contributed by atoms with Crippen molar-refractivity contribution in [2.45, 2.75) is 58.6 Å². The third kappa shape index (κ3) is 6.93. The van der Waals surface area contributed by atoms with Crippen molar-refractivity contribution in [1.29, 1.82) is 0 Å². The van der Waals surface area contributed by atoms with Crippen molar-refractivity contribution < 1.29 is 4.74 Å². The van der Waals surface area contributed by atoms with E-state index in [9.17, 15) is 0 Å². The third-order valence-electron chi connectivity index (χ3n) is 5.42. The highest BCUT2D eigenvalue weighted by Gasteiger charge is 2.13. The van der Waals surface area contributed by atoms with Crippen LogP contribution in [0.3, 0.4) is 0 Å². The molecule has 156 valence electrons. The van der Waals surface area contributed by atoms with Crippen LogP contribution >= 0.6 is 0 Å². The maximum absolute atomic E-state index is 5.79. The minimum absolute atomic E-state index is 0.216. The SMILES string of the molecule is C=C(c1cccc(CNCCCc2cccc(OC(C)C)c2)c1)N1CCCCC1. The van der Waals surface area contributed by atoms with E-state index in [-0.39, 0.29) is 6.10 Å². The summed E-state index contributed by atoms with van der Waals surface area (Å²) in [7, 11) is 0. The van der Waals surface area contributed by atoms with Gasteiger partial charge in [-0.05, 0) is 87.4 Å². The normalized spacial score (nSPS) is 14.2. The van der Waals surface area contributed by atoms with Crippen LogP contribution in [0.2, 0.25) is 0 Å². The highest BCUT2D eigenvalue weighted by Crippen LogP contribution is 2.22. The third-order valence-corrected chi connectivity index (χ3v) is 5.42. The Bertz CT molecular complexity index is 778. The predicted octanol–water partition coefficient (Wildman–Crippen LogP) is 5.65. The number of piperidine rings is 1. The topological polar surface area (TPSA) is 24.5 Å². The zero-order chi connectivity index (χ0) is 20.5. The number of hydrogen-bond acceptors (Lipinski definition) is 3. The van der Waals surface area contributed by atoms with Gasteiger partial charge in [0, 0.05) is 25.3 Å². The molecular weight excluding hydrogens is 356 g/mol. The summed E-state index contributed by atoms with van der Waals surface area (Å²) >= 11 is 0. The number of nitrogens with zero attached hydrogens (tertiary/aromatic N) is 1. The first-order chi connectivity index (χ1) is 14.1. The molecule has 1 heterocycles. The van der Waals surface area contributed by atoms with Gasteiger partial charge in [-0.25, -0.2) is 0 Å². The maximum Gasteiger partial charge on any atom is 0.119 e. The van der Waals surface area contributed by atoms with Crippen molar-refractivity contribution in [2.75, 3.05) is 19.6 Å². The van der Waals surface area contributed by atoms with Gasteiger partial charge < -0.3 is 15.0 Å². The number of nitrogens with one attached hydrogen (secondary N) is 1. The monoisotopic (exact) mass is 392 g/mol. The molecule has 0 aromatic heterocycles. The van der Waals surface area contributed by atoms with Gasteiger partial charge in [-0.15, -0.1) is 0 Å². The number of likely N-dealkylation sites (tertiary alicyclic amines) is 1. The summed E-state index contributed by atoms with van der Waals surface area (Å²) in [4.78, 5) is 2.44. The molecule has 1 aliphatic rings. The van der Waals surface area contributed by atoms with Crippen LogP contribution in [0.5, 0.6) is 5.75 Å². The van der Waals surface area contributed by atoms with Crippen molar-refractivity contribution in [3.63, 3.8) is 0 Å². The van der Waals surface area contributed by atoms with Gasteiger partial charge in [0.2, 0.25) is 0 Å². The molecule has 1 fully saturated rings. The summed E-state index contributed by atoms with van der Waals surface area (Å²) in [5.41, 5.74) is 5.10. The average Bonchev–Trinajstić information content (AvgIpc) is 2.74. The lowest BCUT2D eigenvalue weighted by atomic mass is 10.0.